The zero-order valence-electron chi connectivity index (χ0n) is 40.0. The van der Waals surface area contributed by atoms with Crippen molar-refractivity contribution in [3.8, 4) is 0 Å². The maximum Gasteiger partial charge on any atom is 0.341 e. The summed E-state index contributed by atoms with van der Waals surface area (Å²) in [6.45, 7) is 6.98. The van der Waals surface area contributed by atoms with Gasteiger partial charge in [-0.3, -0.25) is 14.5 Å². The van der Waals surface area contributed by atoms with Crippen LogP contribution in [0.15, 0.2) is 82.6 Å². The number of benzene rings is 4. The van der Waals surface area contributed by atoms with E-state index < -0.39 is 34.4 Å². The number of aromatic nitrogens is 2. The van der Waals surface area contributed by atoms with E-state index in [1.807, 2.05) is 14.0 Å². The highest BCUT2D eigenvalue weighted by molar-refractivity contribution is 9.08. The van der Waals surface area contributed by atoms with Gasteiger partial charge >= 0.3 is 11.9 Å². The number of alkyl halides is 1. The fourth-order valence-electron chi connectivity index (χ4n) is 11.1. The molecule has 4 aliphatic carbocycles. The van der Waals surface area contributed by atoms with E-state index in [1.54, 1.807) is 23.3 Å². The first-order valence-electron chi connectivity index (χ1n) is 25.4. The average molecular weight is 1030 g/mol. The Balaban J connectivity index is 0.000000139. The molecule has 0 amide bonds. The Hall–Kier alpha value is -5.90. The van der Waals surface area contributed by atoms with Gasteiger partial charge in [-0.15, -0.1) is 0 Å². The third-order valence-electron chi connectivity index (χ3n) is 15.2. The fourth-order valence-corrected chi connectivity index (χ4v) is 11.6. The number of anilines is 2. The van der Waals surface area contributed by atoms with Crippen molar-refractivity contribution in [1.82, 2.24) is 19.4 Å². The van der Waals surface area contributed by atoms with Gasteiger partial charge in [0, 0.05) is 99.5 Å². The molecule has 2 aromatic heterocycles. The van der Waals surface area contributed by atoms with Crippen LogP contribution in [0.2, 0.25) is 0 Å². The standard InChI is InChI=1S/C28H30FN3O3.C17H18FN3O3.C11H13Br/c29-24-14-22-25(32(20-8-9-20)17-23(27(22)33)28(34)35)15-26(24)31-12-10-30(11-13-31)16-19-6-3-5-18-4-1-2-7-21(18)19;18-13-7-11-14(8-15(13)20-5-3-19-4-6-20)21(10-1-2-10)9-12(16(11)22)17(23)24;12-8-10-6-3-5-9-4-1-2-7-11(9)10/h3,5-6,14-15,17,20H,1-2,4,7-13,16H2,(H,34,35);7-10,19H,1-6H2,(H,23,24);3,5-6H,1-2,4,7-8H2. The molecule has 12 nitrogen and oxygen atoms in total. The van der Waals surface area contributed by atoms with E-state index in [0.29, 0.717) is 48.6 Å². The molecule has 2 saturated carbocycles. The van der Waals surface area contributed by atoms with Crippen molar-refractivity contribution in [1.29, 1.82) is 0 Å². The van der Waals surface area contributed by atoms with E-state index in [-0.39, 0.29) is 34.0 Å². The number of carboxylic acid groups (broad SMARTS) is 2. The Morgan fingerprint density at radius 3 is 1.52 bits per heavy atom. The van der Waals surface area contributed by atoms with E-state index in [9.17, 15) is 33.8 Å². The van der Waals surface area contributed by atoms with Crippen molar-refractivity contribution >= 4 is 61.0 Å². The van der Waals surface area contributed by atoms with Gasteiger partial charge in [-0.25, -0.2) is 18.4 Å². The quantitative estimate of drug-likeness (QED) is 0.120. The summed E-state index contributed by atoms with van der Waals surface area (Å²) in [4.78, 5) is 54.5. The minimum absolute atomic E-state index is 0.137. The molecule has 6 aliphatic rings. The van der Waals surface area contributed by atoms with Crippen LogP contribution in [0.25, 0.3) is 21.8 Å². The molecule has 2 aliphatic heterocycles. The third-order valence-corrected chi connectivity index (χ3v) is 15.8. The number of halogens is 3. The molecule has 0 radical (unpaired) electrons. The molecule has 15 heteroatoms. The molecule has 0 bridgehead atoms. The van der Waals surface area contributed by atoms with Crippen LogP contribution in [-0.2, 0) is 37.6 Å². The number of carbonyl (C=O) groups is 2. The largest absolute Gasteiger partial charge is 0.477 e. The normalized spacial score (nSPS) is 18.0. The number of nitrogens with one attached hydrogen (secondary N) is 1. The van der Waals surface area contributed by atoms with Crippen molar-refractivity contribution in [2.45, 2.75) is 101 Å². The van der Waals surface area contributed by atoms with Crippen LogP contribution < -0.4 is 26.0 Å². The summed E-state index contributed by atoms with van der Waals surface area (Å²) in [7, 11) is 0. The van der Waals surface area contributed by atoms with Crippen LogP contribution in [0.3, 0.4) is 0 Å². The molecule has 372 valence electrons. The predicted molar refractivity (Wildman–Crippen MR) is 278 cm³/mol. The van der Waals surface area contributed by atoms with Gasteiger partial charge in [0.2, 0.25) is 10.9 Å². The molecule has 0 unspecified atom stereocenters. The molecule has 4 heterocycles. The number of aromatic carboxylic acids is 2. The van der Waals surface area contributed by atoms with Crippen LogP contribution in [0.1, 0.15) is 118 Å². The van der Waals surface area contributed by atoms with Crippen molar-refractivity contribution in [2.75, 3.05) is 62.2 Å². The first-order chi connectivity index (χ1) is 34.5. The Kier molecular flexibility index (Phi) is 14.4. The summed E-state index contributed by atoms with van der Waals surface area (Å²) in [5, 5.41) is 23.2. The number of carboxylic acids is 2. The molecule has 0 spiro atoms. The molecule has 12 rings (SSSR count). The number of aryl methyl sites for hydroxylation is 2. The van der Waals surface area contributed by atoms with E-state index >= 15 is 4.39 Å². The molecule has 4 aromatic carbocycles. The zero-order valence-corrected chi connectivity index (χ0v) is 41.6. The van der Waals surface area contributed by atoms with Gasteiger partial charge in [-0.1, -0.05) is 52.3 Å². The lowest BCUT2D eigenvalue weighted by Gasteiger charge is -2.37. The summed E-state index contributed by atoms with van der Waals surface area (Å²) < 4.78 is 33.5. The second kappa shape index (κ2) is 21.1. The molecule has 3 N–H and O–H groups in total. The minimum atomic E-state index is -1.28. The molecule has 4 fully saturated rings. The molecule has 0 atom stereocenters. The van der Waals surface area contributed by atoms with Crippen LogP contribution in [0.4, 0.5) is 20.2 Å². The van der Waals surface area contributed by atoms with Gasteiger partial charge in [0.1, 0.15) is 22.8 Å². The smallest absolute Gasteiger partial charge is 0.341 e. The summed E-state index contributed by atoms with van der Waals surface area (Å²) in [5.74, 6) is -3.49. The number of fused-ring (bicyclic) bond motifs is 4. The summed E-state index contributed by atoms with van der Waals surface area (Å²) in [6, 6.07) is 19.6. The zero-order chi connectivity index (χ0) is 49.3. The maximum atomic E-state index is 15.2. The van der Waals surface area contributed by atoms with Crippen LogP contribution in [-0.4, -0.2) is 88.5 Å². The predicted octanol–water partition coefficient (Wildman–Crippen LogP) is 9.42. The second-order valence-corrected chi connectivity index (χ2v) is 20.5. The minimum Gasteiger partial charge on any atom is -0.477 e. The number of rotatable bonds is 9. The highest BCUT2D eigenvalue weighted by Crippen LogP contribution is 2.40. The van der Waals surface area contributed by atoms with Gasteiger partial charge in [-0.05, 0) is 135 Å². The summed E-state index contributed by atoms with van der Waals surface area (Å²) >= 11 is 3.54. The SMILES string of the molecule is BrCc1cccc2c1CCCC2.O=C(O)c1cn(C2CC2)c2cc(N3CCN(Cc4cccc5c4CCCC5)CC3)c(F)cc2c1=O.O=C(O)c1cn(C2CC2)c2cc(N3CCNCC3)c(F)cc2c1=O. The monoisotopic (exact) mass is 1030 g/mol. The van der Waals surface area contributed by atoms with E-state index in [2.05, 4.69) is 67.4 Å². The summed E-state index contributed by atoms with van der Waals surface area (Å²) in [5.41, 5.74) is 9.50. The topological polar surface area (TPSA) is 140 Å². The fraction of sp³-hybridized carbons (Fsp3) is 0.429. The Bertz CT molecular complexity index is 3120. The van der Waals surface area contributed by atoms with Gasteiger partial charge in [-0.2, -0.15) is 0 Å². The van der Waals surface area contributed by atoms with Crippen molar-refractivity contribution in [2.24, 2.45) is 0 Å². The number of piperazine rings is 2. The van der Waals surface area contributed by atoms with Crippen LogP contribution in [0.5, 0.6) is 0 Å². The second-order valence-electron chi connectivity index (χ2n) is 19.9. The number of pyridine rings is 2. The van der Waals surface area contributed by atoms with Gasteiger partial charge in [0.15, 0.2) is 0 Å². The van der Waals surface area contributed by atoms with Gasteiger partial charge < -0.3 is 34.5 Å². The molecule has 71 heavy (non-hydrogen) atoms. The number of nitrogens with zero attached hydrogens (tertiary/aromatic N) is 5. The molecular weight excluding hydrogens is 971 g/mol. The average Bonchev–Trinajstić information content (AvgIpc) is 4.34. The van der Waals surface area contributed by atoms with E-state index in [0.717, 1.165) is 63.7 Å². The van der Waals surface area contributed by atoms with Crippen LogP contribution >= 0.6 is 15.9 Å². The highest BCUT2D eigenvalue weighted by atomic mass is 79.9. The van der Waals surface area contributed by atoms with E-state index in [1.165, 1.54) is 98.1 Å². The number of hydrogen-bond donors (Lipinski definition) is 3. The van der Waals surface area contributed by atoms with E-state index in [4.69, 9.17) is 0 Å². The lowest BCUT2D eigenvalue weighted by atomic mass is 9.88. The Labute approximate surface area is 420 Å². The van der Waals surface area contributed by atoms with Crippen molar-refractivity contribution < 1.29 is 28.6 Å². The molecular formula is C56H61BrF2N6O6. The maximum absolute atomic E-state index is 15.2. The Morgan fingerprint density at radius 2 is 1.06 bits per heavy atom. The first kappa shape index (κ1) is 48.7. The molecule has 2 saturated heterocycles. The van der Waals surface area contributed by atoms with Gasteiger partial charge in [0.25, 0.3) is 0 Å². The number of hydrogen-bond acceptors (Lipinski definition) is 8. The van der Waals surface area contributed by atoms with Gasteiger partial charge in [0.05, 0.1) is 22.4 Å². The third kappa shape index (κ3) is 10.4. The lowest BCUT2D eigenvalue weighted by Crippen LogP contribution is -2.46. The lowest BCUT2D eigenvalue weighted by molar-refractivity contribution is 0.0684. The summed E-state index contributed by atoms with van der Waals surface area (Å²) in [6.07, 6.45) is 16.8. The van der Waals surface area contributed by atoms with Crippen molar-refractivity contribution in [3.05, 3.63) is 150 Å². The Morgan fingerprint density at radius 1 is 0.606 bits per heavy atom. The first-order valence-corrected chi connectivity index (χ1v) is 26.5. The van der Waals surface area contributed by atoms with Crippen LogP contribution in [0, 0.1) is 11.6 Å². The highest BCUT2D eigenvalue weighted by Gasteiger charge is 2.30. The van der Waals surface area contributed by atoms with Crippen molar-refractivity contribution in [3.63, 3.8) is 0 Å². The molecule has 6 aromatic rings.